The lowest BCUT2D eigenvalue weighted by Crippen LogP contribution is -2.44. The number of β-amino-alcohol motifs (C(OH)–C–C–N with tert-alkyl or cyclic N) is 1. The molecule has 0 radical (unpaired) electrons. The third-order valence-corrected chi connectivity index (χ3v) is 4.09. The van der Waals surface area contributed by atoms with Gasteiger partial charge in [0.15, 0.2) is 6.61 Å². The fourth-order valence-electron chi connectivity index (χ4n) is 2.03. The van der Waals surface area contributed by atoms with Crippen LogP contribution in [0.15, 0.2) is 12.1 Å². The average molecular weight is 339 g/mol. The van der Waals surface area contributed by atoms with Gasteiger partial charge in [-0.3, -0.25) is 4.79 Å². The highest BCUT2D eigenvalue weighted by molar-refractivity contribution is 6.43. The van der Waals surface area contributed by atoms with E-state index in [4.69, 9.17) is 39.5 Å². The number of amides is 1. The minimum atomic E-state index is -0.457. The standard InChI is InChI=1S/C13H14Cl3NO3/c14-9-4-11(16)12(5-10(9)15)20-7-13(19)17-3-1-2-8(18)6-17/h4-5,8,18H,1-3,6-7H2/t8-/m0/s1. The summed E-state index contributed by atoms with van der Waals surface area (Å²) in [5, 5.41) is 10.5. The Balaban J connectivity index is 1.95. The number of aliphatic hydroxyl groups excluding tert-OH is 1. The summed E-state index contributed by atoms with van der Waals surface area (Å²) in [5.74, 6) is 0.123. The number of aliphatic hydroxyl groups is 1. The highest BCUT2D eigenvalue weighted by Gasteiger charge is 2.22. The maximum atomic E-state index is 12.0. The fraction of sp³-hybridized carbons (Fsp3) is 0.462. The fourth-order valence-corrected chi connectivity index (χ4v) is 2.62. The van der Waals surface area contributed by atoms with E-state index < -0.39 is 6.10 Å². The second kappa shape index (κ2) is 6.85. The van der Waals surface area contributed by atoms with Crippen molar-refractivity contribution in [1.82, 2.24) is 4.90 Å². The summed E-state index contributed by atoms with van der Waals surface area (Å²) in [7, 11) is 0. The van der Waals surface area contributed by atoms with Crippen LogP contribution in [0.25, 0.3) is 0 Å². The lowest BCUT2D eigenvalue weighted by Gasteiger charge is -2.30. The Morgan fingerprint density at radius 2 is 2.00 bits per heavy atom. The van der Waals surface area contributed by atoms with Gasteiger partial charge in [0.25, 0.3) is 5.91 Å². The molecule has 20 heavy (non-hydrogen) atoms. The molecule has 2 rings (SSSR count). The zero-order chi connectivity index (χ0) is 14.7. The summed E-state index contributed by atoms with van der Waals surface area (Å²) in [6.45, 7) is 0.829. The molecule has 1 N–H and O–H groups in total. The van der Waals surface area contributed by atoms with Crippen LogP contribution in [-0.4, -0.2) is 41.7 Å². The molecule has 0 unspecified atom stereocenters. The first-order chi connectivity index (χ1) is 9.47. The van der Waals surface area contributed by atoms with Crippen molar-refractivity contribution < 1.29 is 14.6 Å². The quantitative estimate of drug-likeness (QED) is 0.862. The van der Waals surface area contributed by atoms with E-state index in [1.807, 2.05) is 0 Å². The number of carbonyl (C=O) groups excluding carboxylic acids is 1. The molecule has 1 fully saturated rings. The van der Waals surface area contributed by atoms with Gasteiger partial charge in [0, 0.05) is 19.2 Å². The lowest BCUT2D eigenvalue weighted by molar-refractivity contribution is -0.136. The molecule has 4 nitrogen and oxygen atoms in total. The number of hydrogen-bond acceptors (Lipinski definition) is 3. The number of hydrogen-bond donors (Lipinski definition) is 1. The number of ether oxygens (including phenoxy) is 1. The van der Waals surface area contributed by atoms with E-state index in [-0.39, 0.29) is 12.5 Å². The van der Waals surface area contributed by atoms with E-state index in [1.54, 1.807) is 4.90 Å². The topological polar surface area (TPSA) is 49.8 Å². The van der Waals surface area contributed by atoms with Gasteiger partial charge in [-0.2, -0.15) is 0 Å². The number of carbonyl (C=O) groups is 1. The van der Waals surface area contributed by atoms with Gasteiger partial charge in [-0.05, 0) is 18.9 Å². The smallest absolute Gasteiger partial charge is 0.260 e. The molecule has 0 bridgehead atoms. The average Bonchev–Trinajstić information content (AvgIpc) is 2.41. The summed E-state index contributed by atoms with van der Waals surface area (Å²) in [4.78, 5) is 13.6. The summed E-state index contributed by atoms with van der Waals surface area (Å²) < 4.78 is 5.37. The third kappa shape index (κ3) is 3.92. The zero-order valence-electron chi connectivity index (χ0n) is 10.6. The predicted octanol–water partition coefficient (Wildman–Crippen LogP) is 3.01. The molecule has 1 aliphatic heterocycles. The van der Waals surface area contributed by atoms with Crippen LogP contribution in [0.2, 0.25) is 15.1 Å². The molecule has 1 saturated heterocycles. The van der Waals surface area contributed by atoms with Crippen molar-refractivity contribution in [3.05, 3.63) is 27.2 Å². The van der Waals surface area contributed by atoms with Crippen LogP contribution in [0, 0.1) is 0 Å². The number of piperidine rings is 1. The number of rotatable bonds is 3. The molecule has 1 aliphatic rings. The van der Waals surface area contributed by atoms with E-state index >= 15 is 0 Å². The number of benzene rings is 1. The molecule has 0 saturated carbocycles. The first-order valence-electron chi connectivity index (χ1n) is 6.20. The van der Waals surface area contributed by atoms with Crippen LogP contribution < -0.4 is 4.74 Å². The first kappa shape index (κ1) is 15.7. The largest absolute Gasteiger partial charge is 0.482 e. The number of nitrogens with zero attached hydrogens (tertiary/aromatic N) is 1. The molecule has 1 amide bonds. The lowest BCUT2D eigenvalue weighted by atomic mass is 10.1. The molecule has 1 atom stereocenters. The second-order valence-corrected chi connectivity index (χ2v) is 5.84. The predicted molar refractivity (Wildman–Crippen MR) is 78.8 cm³/mol. The van der Waals surface area contributed by atoms with E-state index in [0.717, 1.165) is 12.8 Å². The van der Waals surface area contributed by atoms with Crippen molar-refractivity contribution in [2.45, 2.75) is 18.9 Å². The maximum absolute atomic E-state index is 12.0. The molecule has 0 aliphatic carbocycles. The normalized spacial score (nSPS) is 19.0. The van der Waals surface area contributed by atoms with Crippen molar-refractivity contribution in [3.8, 4) is 5.75 Å². The minimum absolute atomic E-state index is 0.148. The monoisotopic (exact) mass is 337 g/mol. The Bertz CT molecular complexity index is 510. The van der Waals surface area contributed by atoms with Gasteiger partial charge >= 0.3 is 0 Å². The van der Waals surface area contributed by atoms with Crippen molar-refractivity contribution in [2.75, 3.05) is 19.7 Å². The van der Waals surface area contributed by atoms with Gasteiger partial charge in [-0.15, -0.1) is 0 Å². The van der Waals surface area contributed by atoms with Crippen LogP contribution in [0.5, 0.6) is 5.75 Å². The van der Waals surface area contributed by atoms with E-state index in [1.165, 1.54) is 12.1 Å². The van der Waals surface area contributed by atoms with Gasteiger partial charge in [0.1, 0.15) is 5.75 Å². The molecular weight excluding hydrogens is 325 g/mol. The van der Waals surface area contributed by atoms with Gasteiger partial charge in [0.2, 0.25) is 0 Å². The maximum Gasteiger partial charge on any atom is 0.260 e. The van der Waals surface area contributed by atoms with E-state index in [2.05, 4.69) is 0 Å². The minimum Gasteiger partial charge on any atom is -0.482 e. The van der Waals surface area contributed by atoms with E-state index in [9.17, 15) is 9.90 Å². The molecule has 110 valence electrons. The van der Waals surface area contributed by atoms with Gasteiger partial charge in [-0.25, -0.2) is 0 Å². The summed E-state index contributed by atoms with van der Waals surface area (Å²) >= 11 is 17.6. The van der Waals surface area contributed by atoms with Crippen LogP contribution >= 0.6 is 34.8 Å². The van der Waals surface area contributed by atoms with Crippen LogP contribution in [-0.2, 0) is 4.79 Å². The molecule has 1 heterocycles. The second-order valence-electron chi connectivity index (χ2n) is 4.62. The molecule has 7 heteroatoms. The van der Waals surface area contributed by atoms with E-state index in [0.29, 0.717) is 33.9 Å². The Morgan fingerprint density at radius 1 is 1.30 bits per heavy atom. The molecule has 0 spiro atoms. The Morgan fingerprint density at radius 3 is 2.70 bits per heavy atom. The van der Waals surface area contributed by atoms with Crippen LogP contribution in [0.3, 0.4) is 0 Å². The first-order valence-corrected chi connectivity index (χ1v) is 7.34. The SMILES string of the molecule is O=C(COc1cc(Cl)c(Cl)cc1Cl)N1CCC[C@H](O)C1. The van der Waals surface area contributed by atoms with Crippen molar-refractivity contribution >= 4 is 40.7 Å². The number of halogens is 3. The highest BCUT2D eigenvalue weighted by Crippen LogP contribution is 2.33. The Labute approximate surface area is 132 Å². The van der Waals surface area contributed by atoms with Crippen molar-refractivity contribution in [3.63, 3.8) is 0 Å². The summed E-state index contributed by atoms with van der Waals surface area (Å²) in [6.07, 6.45) is 1.06. The molecule has 1 aromatic rings. The zero-order valence-corrected chi connectivity index (χ0v) is 12.9. The molecular formula is C13H14Cl3NO3. The highest BCUT2D eigenvalue weighted by atomic mass is 35.5. The van der Waals surface area contributed by atoms with Crippen molar-refractivity contribution in [1.29, 1.82) is 0 Å². The molecule has 1 aromatic carbocycles. The van der Waals surface area contributed by atoms with Crippen LogP contribution in [0.4, 0.5) is 0 Å². The summed E-state index contributed by atoms with van der Waals surface area (Å²) in [6, 6.07) is 2.94. The number of likely N-dealkylation sites (tertiary alicyclic amines) is 1. The molecule has 0 aromatic heterocycles. The van der Waals surface area contributed by atoms with Crippen molar-refractivity contribution in [2.24, 2.45) is 0 Å². The van der Waals surface area contributed by atoms with Gasteiger partial charge < -0.3 is 14.7 Å². The van der Waals surface area contributed by atoms with Crippen LogP contribution in [0.1, 0.15) is 12.8 Å². The Kier molecular flexibility index (Phi) is 5.38. The Hall–Kier alpha value is -0.680. The summed E-state index contributed by atoms with van der Waals surface area (Å²) in [5.41, 5.74) is 0. The van der Waals surface area contributed by atoms with Gasteiger partial charge in [-0.1, -0.05) is 34.8 Å². The third-order valence-electron chi connectivity index (χ3n) is 3.08. The van der Waals surface area contributed by atoms with Gasteiger partial charge in [0.05, 0.1) is 21.2 Å².